The van der Waals surface area contributed by atoms with Crippen molar-refractivity contribution in [1.82, 2.24) is 25.9 Å². The lowest BCUT2D eigenvalue weighted by molar-refractivity contribution is 0.236. The zero-order chi connectivity index (χ0) is 27.9. The average Bonchev–Trinajstić information content (AvgIpc) is 3.41. The number of nitrogens with one attached hydrogen (secondary N) is 4. The zero-order valence-electron chi connectivity index (χ0n) is 22.1. The topological polar surface area (TPSA) is 125 Å². The number of aryl methyl sites for hydroxylation is 1. The summed E-state index contributed by atoms with van der Waals surface area (Å²) in [6.45, 7) is 8.56. The maximum atomic E-state index is 13.9. The fourth-order valence-electron chi connectivity index (χ4n) is 4.54. The number of nitriles is 2. The van der Waals surface area contributed by atoms with Gasteiger partial charge in [0.2, 0.25) is 5.95 Å². The normalized spacial score (nSPS) is 19.1. The van der Waals surface area contributed by atoms with Gasteiger partial charge >= 0.3 is 0 Å². The van der Waals surface area contributed by atoms with E-state index >= 15 is 0 Å². The van der Waals surface area contributed by atoms with Gasteiger partial charge in [0.05, 0.1) is 40.1 Å². The van der Waals surface area contributed by atoms with E-state index in [0.717, 1.165) is 0 Å². The van der Waals surface area contributed by atoms with E-state index in [1.165, 1.54) is 12.3 Å². The van der Waals surface area contributed by atoms with Crippen LogP contribution in [-0.2, 0) is 0 Å². The van der Waals surface area contributed by atoms with Gasteiger partial charge in [0, 0.05) is 47.7 Å². The summed E-state index contributed by atoms with van der Waals surface area (Å²) >= 11 is 0. The van der Waals surface area contributed by atoms with E-state index in [1.807, 2.05) is 6.07 Å². The Morgan fingerprint density at radius 2 is 1.95 bits per heavy atom. The number of halogens is 2. The van der Waals surface area contributed by atoms with Crippen molar-refractivity contribution in [2.75, 3.05) is 17.2 Å². The van der Waals surface area contributed by atoms with Crippen LogP contribution in [0.1, 0.15) is 55.6 Å². The molecule has 200 valence electrons. The number of nitrogens with zero attached hydrogens (tertiary/aromatic N) is 5. The SMILES string of the molecule is Cc1nc(F)ccc1[C@H](Nc1cc(C#N)c2ncc(C#N)c(NCC(C)(C)C)c2c1)C1=CN([C@@H]2C[C@@H]2F)NN1. The summed E-state index contributed by atoms with van der Waals surface area (Å²) in [6.07, 6.45) is 2.78. The highest BCUT2D eigenvalue weighted by molar-refractivity contribution is 5.99. The van der Waals surface area contributed by atoms with Crippen LogP contribution in [-0.4, -0.2) is 33.7 Å². The van der Waals surface area contributed by atoms with Crippen LogP contribution in [0.25, 0.3) is 10.9 Å². The first-order valence-electron chi connectivity index (χ1n) is 12.6. The number of anilines is 2. The van der Waals surface area contributed by atoms with E-state index in [-0.39, 0.29) is 11.5 Å². The molecule has 0 spiro atoms. The van der Waals surface area contributed by atoms with Crippen LogP contribution in [0.5, 0.6) is 0 Å². The molecule has 0 saturated heterocycles. The van der Waals surface area contributed by atoms with Crippen molar-refractivity contribution < 1.29 is 8.78 Å². The van der Waals surface area contributed by atoms with Crippen LogP contribution in [0.15, 0.2) is 42.4 Å². The predicted molar refractivity (Wildman–Crippen MR) is 144 cm³/mol. The van der Waals surface area contributed by atoms with Crippen LogP contribution in [0, 0.1) is 40.9 Å². The minimum Gasteiger partial charge on any atom is -0.383 e. The van der Waals surface area contributed by atoms with E-state index in [9.17, 15) is 19.3 Å². The minimum atomic E-state index is -0.907. The largest absolute Gasteiger partial charge is 0.383 e. The molecule has 1 saturated carbocycles. The number of benzene rings is 1. The number of pyridine rings is 2. The van der Waals surface area contributed by atoms with Crippen molar-refractivity contribution >= 4 is 22.3 Å². The summed E-state index contributed by atoms with van der Waals surface area (Å²) in [5, 5.41) is 28.9. The van der Waals surface area contributed by atoms with Crippen LogP contribution in [0.4, 0.5) is 20.2 Å². The van der Waals surface area contributed by atoms with E-state index in [1.54, 1.807) is 30.3 Å². The van der Waals surface area contributed by atoms with Crippen molar-refractivity contribution in [3.63, 3.8) is 0 Å². The quantitative estimate of drug-likeness (QED) is 0.322. The monoisotopic (exact) mass is 529 g/mol. The Balaban J connectivity index is 1.60. The van der Waals surface area contributed by atoms with Gasteiger partial charge in [-0.05, 0) is 30.5 Å². The van der Waals surface area contributed by atoms with Gasteiger partial charge in [0.1, 0.15) is 18.3 Å². The summed E-state index contributed by atoms with van der Waals surface area (Å²) in [4.78, 5) is 8.40. The summed E-state index contributed by atoms with van der Waals surface area (Å²) in [7, 11) is 0. The Labute approximate surface area is 225 Å². The van der Waals surface area contributed by atoms with Gasteiger partial charge in [-0.1, -0.05) is 26.8 Å². The van der Waals surface area contributed by atoms with Crippen molar-refractivity contribution in [3.8, 4) is 12.1 Å². The van der Waals surface area contributed by atoms with Crippen molar-refractivity contribution in [2.24, 2.45) is 5.41 Å². The molecule has 0 amide bonds. The van der Waals surface area contributed by atoms with Crippen molar-refractivity contribution in [1.29, 1.82) is 10.5 Å². The van der Waals surface area contributed by atoms with Gasteiger partial charge in [-0.15, -0.1) is 5.53 Å². The fraction of sp³-hybridized carbons (Fsp3) is 0.357. The fourth-order valence-corrected chi connectivity index (χ4v) is 4.54. The minimum absolute atomic E-state index is 0.0614. The first-order valence-corrected chi connectivity index (χ1v) is 12.6. The molecule has 1 aromatic carbocycles. The standard InChI is InChI=1S/C28H29F2N9/c1-15-19(5-6-24(30)35-15)27(22-13-39(38-37-22)23-9-21(23)29)36-18-7-16(10-31)25-20(8-18)26(17(11-32)12-33-25)34-14-28(2,3)4/h5-8,12-13,21,23,27,36-38H,9,14H2,1-4H3,(H,33,34)/t21-,23+,27-/m0/s1. The number of rotatable bonds is 7. The number of fused-ring (bicyclic) bond motifs is 1. The molecule has 0 radical (unpaired) electrons. The van der Waals surface area contributed by atoms with Gasteiger partial charge in [-0.25, -0.2) is 9.37 Å². The van der Waals surface area contributed by atoms with Crippen molar-refractivity contribution in [3.05, 3.63) is 70.7 Å². The zero-order valence-corrected chi connectivity index (χ0v) is 22.1. The van der Waals surface area contributed by atoms with Crippen LogP contribution < -0.4 is 21.6 Å². The Morgan fingerprint density at radius 3 is 2.59 bits per heavy atom. The molecule has 2 aromatic heterocycles. The Morgan fingerprint density at radius 1 is 1.21 bits per heavy atom. The highest BCUT2D eigenvalue weighted by Crippen LogP contribution is 2.37. The molecular formula is C28H29F2N9. The molecule has 3 aromatic rings. The predicted octanol–water partition coefficient (Wildman–Crippen LogP) is 4.71. The molecule has 1 fully saturated rings. The second-order valence-electron chi connectivity index (χ2n) is 11.0. The molecule has 5 rings (SSSR count). The van der Waals surface area contributed by atoms with Crippen LogP contribution in [0.3, 0.4) is 0 Å². The maximum absolute atomic E-state index is 13.9. The molecule has 11 heteroatoms. The summed E-state index contributed by atoms with van der Waals surface area (Å²) in [6, 6.07) is 10.1. The lowest BCUT2D eigenvalue weighted by Crippen LogP contribution is -2.39. The molecule has 4 N–H and O–H groups in total. The van der Waals surface area contributed by atoms with E-state index < -0.39 is 18.2 Å². The highest BCUT2D eigenvalue weighted by Gasteiger charge is 2.43. The smallest absolute Gasteiger partial charge is 0.213 e. The third-order valence-corrected chi connectivity index (χ3v) is 6.68. The van der Waals surface area contributed by atoms with Gasteiger partial charge < -0.3 is 16.1 Å². The van der Waals surface area contributed by atoms with Gasteiger partial charge in [0.25, 0.3) is 0 Å². The molecule has 39 heavy (non-hydrogen) atoms. The Kier molecular flexibility index (Phi) is 6.71. The number of hydrogen-bond donors (Lipinski definition) is 4. The third kappa shape index (κ3) is 5.40. The lowest BCUT2D eigenvalue weighted by Gasteiger charge is -2.24. The molecule has 9 nitrogen and oxygen atoms in total. The highest BCUT2D eigenvalue weighted by atomic mass is 19.1. The number of aromatic nitrogens is 2. The van der Waals surface area contributed by atoms with E-state index in [0.29, 0.717) is 63.3 Å². The van der Waals surface area contributed by atoms with E-state index in [4.69, 9.17) is 0 Å². The van der Waals surface area contributed by atoms with Gasteiger partial charge in [-0.3, -0.25) is 9.99 Å². The van der Waals surface area contributed by atoms with E-state index in [2.05, 4.69) is 64.5 Å². The van der Waals surface area contributed by atoms with Crippen molar-refractivity contribution in [2.45, 2.75) is 52.4 Å². The number of hydrogen-bond acceptors (Lipinski definition) is 9. The molecule has 3 heterocycles. The summed E-state index contributed by atoms with van der Waals surface area (Å²) in [5.74, 6) is -0.594. The lowest BCUT2D eigenvalue weighted by atomic mass is 9.96. The first-order chi connectivity index (χ1) is 18.6. The van der Waals surface area contributed by atoms with Gasteiger partial charge in [0.15, 0.2) is 0 Å². The molecule has 1 aliphatic heterocycles. The molecule has 0 bridgehead atoms. The Hall–Kier alpha value is -4.48. The number of alkyl halides is 1. The van der Waals surface area contributed by atoms with Gasteiger partial charge in [-0.2, -0.15) is 14.9 Å². The Bertz CT molecular complexity index is 1550. The second kappa shape index (κ2) is 10.0. The molecule has 0 unspecified atom stereocenters. The third-order valence-electron chi connectivity index (χ3n) is 6.68. The van der Waals surface area contributed by atoms with Crippen LogP contribution in [0.2, 0.25) is 0 Å². The summed E-state index contributed by atoms with van der Waals surface area (Å²) < 4.78 is 27.6. The molecule has 3 atom stereocenters. The number of hydrazine groups is 2. The first kappa shape index (κ1) is 26.1. The van der Waals surface area contributed by atoms with Crippen LogP contribution >= 0.6 is 0 Å². The molecular weight excluding hydrogens is 500 g/mol. The average molecular weight is 530 g/mol. The maximum Gasteiger partial charge on any atom is 0.213 e. The second-order valence-corrected chi connectivity index (χ2v) is 11.0. The molecule has 2 aliphatic rings. The summed E-state index contributed by atoms with van der Waals surface area (Å²) in [5.41, 5.74) is 10.2. The molecule has 1 aliphatic carbocycles.